The molecule has 1 saturated heterocycles. The number of rotatable bonds is 3. The molecule has 0 bridgehead atoms. The van der Waals surface area contributed by atoms with Gasteiger partial charge in [-0.15, -0.1) is 0 Å². The molecule has 0 atom stereocenters. The highest BCUT2D eigenvalue weighted by Gasteiger charge is 2.39. The molecule has 2 heterocycles. The van der Waals surface area contributed by atoms with E-state index in [1.165, 1.54) is 0 Å². The van der Waals surface area contributed by atoms with Crippen LogP contribution in [0.3, 0.4) is 0 Å². The average Bonchev–Trinajstić information content (AvgIpc) is 3.00. The van der Waals surface area contributed by atoms with Gasteiger partial charge in [0.25, 0.3) is 5.89 Å². The van der Waals surface area contributed by atoms with Gasteiger partial charge in [0.05, 0.1) is 5.56 Å². The molecule has 1 aromatic heterocycles. The number of hydrogen-bond donors (Lipinski definition) is 1. The van der Waals surface area contributed by atoms with Crippen molar-refractivity contribution >= 4 is 28.3 Å². The molecular weight excluding hydrogens is 385 g/mol. The van der Waals surface area contributed by atoms with E-state index in [2.05, 4.69) is 32.7 Å². The fraction of sp³-hybridized carbons (Fsp3) is 0.429. The van der Waals surface area contributed by atoms with Gasteiger partial charge in [0.15, 0.2) is 0 Å². The Morgan fingerprint density at radius 1 is 1.33 bits per heavy atom. The molecule has 0 aliphatic carbocycles. The van der Waals surface area contributed by atoms with Crippen LogP contribution in [0.1, 0.15) is 18.7 Å². The van der Waals surface area contributed by atoms with Crippen molar-refractivity contribution in [1.82, 2.24) is 10.1 Å². The molecule has 0 amide bonds. The van der Waals surface area contributed by atoms with E-state index in [4.69, 9.17) is 19.7 Å². The van der Waals surface area contributed by atoms with Crippen LogP contribution in [0, 0.1) is 3.57 Å². The van der Waals surface area contributed by atoms with Gasteiger partial charge in [0, 0.05) is 42.4 Å². The second-order valence-electron chi connectivity index (χ2n) is 4.97. The van der Waals surface area contributed by atoms with Crippen molar-refractivity contribution in [2.75, 3.05) is 26.1 Å². The number of benzene rings is 1. The number of halogens is 1. The number of ether oxygens (including phenoxy) is 2. The third-order valence-electron chi connectivity index (χ3n) is 3.77. The summed E-state index contributed by atoms with van der Waals surface area (Å²) in [4.78, 5) is 4.51. The zero-order valence-electron chi connectivity index (χ0n) is 11.6. The van der Waals surface area contributed by atoms with Crippen LogP contribution in [0.2, 0.25) is 0 Å². The fourth-order valence-electron chi connectivity index (χ4n) is 2.45. The summed E-state index contributed by atoms with van der Waals surface area (Å²) in [6.07, 6.45) is 1.43. The largest absolute Gasteiger partial charge is 0.398 e. The predicted octanol–water partition coefficient (Wildman–Crippen LogP) is 2.58. The van der Waals surface area contributed by atoms with Crippen LogP contribution in [0.5, 0.6) is 0 Å². The molecule has 6 nitrogen and oxygen atoms in total. The van der Waals surface area contributed by atoms with Gasteiger partial charge in [0.1, 0.15) is 5.60 Å². The summed E-state index contributed by atoms with van der Waals surface area (Å²) < 4.78 is 17.5. The van der Waals surface area contributed by atoms with Crippen molar-refractivity contribution in [2.24, 2.45) is 0 Å². The summed E-state index contributed by atoms with van der Waals surface area (Å²) in [6.45, 7) is 1.26. The third kappa shape index (κ3) is 2.77. The number of anilines is 1. The van der Waals surface area contributed by atoms with E-state index in [0.717, 1.165) is 9.13 Å². The van der Waals surface area contributed by atoms with Gasteiger partial charge in [-0.25, -0.2) is 0 Å². The highest BCUT2D eigenvalue weighted by Crippen LogP contribution is 2.35. The second kappa shape index (κ2) is 5.90. The highest BCUT2D eigenvalue weighted by molar-refractivity contribution is 14.1. The molecule has 112 valence electrons. The normalized spacial score (nSPS) is 17.8. The maximum Gasteiger partial charge on any atom is 0.260 e. The Morgan fingerprint density at radius 2 is 2.10 bits per heavy atom. The van der Waals surface area contributed by atoms with Crippen LogP contribution in [-0.4, -0.2) is 30.5 Å². The topological polar surface area (TPSA) is 83.4 Å². The monoisotopic (exact) mass is 401 g/mol. The van der Waals surface area contributed by atoms with Gasteiger partial charge in [-0.05, 0) is 40.8 Å². The number of aromatic nitrogens is 2. The predicted molar refractivity (Wildman–Crippen MR) is 85.6 cm³/mol. The number of nitrogens with two attached hydrogens (primary N) is 1. The van der Waals surface area contributed by atoms with Crippen molar-refractivity contribution in [2.45, 2.75) is 18.4 Å². The average molecular weight is 401 g/mol. The van der Waals surface area contributed by atoms with Crippen LogP contribution in [-0.2, 0) is 15.1 Å². The molecule has 1 aliphatic rings. The summed E-state index contributed by atoms with van der Waals surface area (Å²) in [6, 6.07) is 5.70. The fourth-order valence-corrected chi connectivity index (χ4v) is 2.94. The van der Waals surface area contributed by atoms with Gasteiger partial charge >= 0.3 is 0 Å². The highest BCUT2D eigenvalue weighted by atomic mass is 127. The Hall–Kier alpha value is -1.19. The molecular formula is C14H16IN3O3. The summed E-state index contributed by atoms with van der Waals surface area (Å²) in [5, 5.41) is 4.11. The number of nitrogens with zero attached hydrogens (tertiary/aromatic N) is 2. The third-order valence-corrected chi connectivity index (χ3v) is 4.44. The van der Waals surface area contributed by atoms with Gasteiger partial charge in [-0.2, -0.15) is 4.98 Å². The lowest BCUT2D eigenvalue weighted by Crippen LogP contribution is -2.36. The molecule has 1 fully saturated rings. The van der Waals surface area contributed by atoms with Crippen molar-refractivity contribution in [3.8, 4) is 11.5 Å². The zero-order chi connectivity index (χ0) is 14.9. The molecule has 2 N–H and O–H groups in total. The number of nitrogen functional groups attached to an aromatic ring is 1. The molecule has 2 aromatic rings. The van der Waals surface area contributed by atoms with Crippen molar-refractivity contribution in [3.05, 3.63) is 27.6 Å². The summed E-state index contributed by atoms with van der Waals surface area (Å²) in [5.41, 5.74) is 6.83. The molecule has 0 spiro atoms. The Balaban J connectivity index is 1.97. The maximum atomic E-state index is 5.99. The van der Waals surface area contributed by atoms with E-state index in [1.807, 2.05) is 18.2 Å². The van der Waals surface area contributed by atoms with E-state index in [0.29, 0.717) is 43.5 Å². The minimum atomic E-state index is -0.531. The molecule has 0 saturated carbocycles. The number of methoxy groups -OCH3 is 1. The first-order valence-electron chi connectivity index (χ1n) is 6.67. The Morgan fingerprint density at radius 3 is 2.81 bits per heavy atom. The molecule has 7 heteroatoms. The molecule has 1 aliphatic heterocycles. The van der Waals surface area contributed by atoms with Crippen LogP contribution in [0.4, 0.5) is 5.69 Å². The molecule has 0 unspecified atom stereocenters. The molecule has 3 rings (SSSR count). The van der Waals surface area contributed by atoms with Crippen molar-refractivity contribution in [3.63, 3.8) is 0 Å². The van der Waals surface area contributed by atoms with Crippen LogP contribution < -0.4 is 5.73 Å². The summed E-state index contributed by atoms with van der Waals surface area (Å²) in [5.74, 6) is 0.977. The molecule has 0 radical (unpaired) electrons. The standard InChI is InChI=1S/C14H16IN3O3/c1-19-14(4-6-20-7-5-14)13-17-12(21-18-13)10-8-9(15)2-3-11(10)16/h2-3,8H,4-7,16H2,1H3. The van der Waals surface area contributed by atoms with E-state index in [1.54, 1.807) is 7.11 Å². The number of hydrogen-bond acceptors (Lipinski definition) is 6. The van der Waals surface area contributed by atoms with E-state index in [9.17, 15) is 0 Å². The second-order valence-corrected chi connectivity index (χ2v) is 6.21. The lowest BCUT2D eigenvalue weighted by Gasteiger charge is -2.32. The SMILES string of the molecule is COC1(c2noc(-c3cc(I)ccc3N)n2)CCOCC1. The Bertz CT molecular complexity index is 638. The van der Waals surface area contributed by atoms with Gasteiger partial charge in [-0.3, -0.25) is 0 Å². The summed E-state index contributed by atoms with van der Waals surface area (Å²) in [7, 11) is 1.67. The maximum absolute atomic E-state index is 5.99. The van der Waals surface area contributed by atoms with Crippen LogP contribution in [0.15, 0.2) is 22.7 Å². The van der Waals surface area contributed by atoms with Gasteiger partial charge in [0.2, 0.25) is 5.82 Å². The Labute approximate surface area is 136 Å². The van der Waals surface area contributed by atoms with Gasteiger partial charge < -0.3 is 19.7 Å². The van der Waals surface area contributed by atoms with Crippen molar-refractivity contribution < 1.29 is 14.0 Å². The van der Waals surface area contributed by atoms with Crippen LogP contribution >= 0.6 is 22.6 Å². The zero-order valence-corrected chi connectivity index (χ0v) is 13.8. The first kappa shape index (κ1) is 14.7. The minimum absolute atomic E-state index is 0.420. The lowest BCUT2D eigenvalue weighted by molar-refractivity contribution is -0.101. The van der Waals surface area contributed by atoms with Gasteiger partial charge in [-0.1, -0.05) is 5.16 Å². The van der Waals surface area contributed by atoms with Crippen molar-refractivity contribution in [1.29, 1.82) is 0 Å². The summed E-state index contributed by atoms with van der Waals surface area (Å²) >= 11 is 2.22. The minimum Gasteiger partial charge on any atom is -0.398 e. The molecule has 1 aromatic carbocycles. The van der Waals surface area contributed by atoms with Crippen LogP contribution in [0.25, 0.3) is 11.5 Å². The van der Waals surface area contributed by atoms with E-state index >= 15 is 0 Å². The van der Waals surface area contributed by atoms with E-state index in [-0.39, 0.29) is 0 Å². The Kier molecular flexibility index (Phi) is 4.14. The quantitative estimate of drug-likeness (QED) is 0.629. The first-order chi connectivity index (χ1) is 10.1. The van der Waals surface area contributed by atoms with E-state index < -0.39 is 5.60 Å². The smallest absolute Gasteiger partial charge is 0.260 e. The molecule has 21 heavy (non-hydrogen) atoms. The first-order valence-corrected chi connectivity index (χ1v) is 7.75. The lowest BCUT2D eigenvalue weighted by atomic mass is 9.93.